The van der Waals surface area contributed by atoms with E-state index in [9.17, 15) is 0 Å². The Labute approximate surface area is 173 Å². The van der Waals surface area contributed by atoms with Crippen LogP contribution < -0.4 is 0 Å². The van der Waals surface area contributed by atoms with Gasteiger partial charge in [0.05, 0.1) is 0 Å². The summed E-state index contributed by atoms with van der Waals surface area (Å²) < 4.78 is 6.33. The van der Waals surface area contributed by atoms with Crippen LogP contribution in [0.5, 0.6) is 0 Å². The van der Waals surface area contributed by atoms with Gasteiger partial charge in [-0.1, -0.05) is 56.0 Å². The van der Waals surface area contributed by atoms with Gasteiger partial charge in [-0.15, -0.1) is 0 Å². The van der Waals surface area contributed by atoms with Crippen molar-refractivity contribution in [2.45, 2.75) is 75.9 Å². The van der Waals surface area contributed by atoms with Gasteiger partial charge in [0.2, 0.25) is 5.90 Å². The second kappa shape index (κ2) is 7.27. The molecule has 0 N–H and O–H groups in total. The lowest BCUT2D eigenvalue weighted by atomic mass is 9.77. The van der Waals surface area contributed by atoms with Crippen molar-refractivity contribution >= 4 is 5.90 Å². The molecule has 0 amide bonds. The lowest BCUT2D eigenvalue weighted by Crippen LogP contribution is -2.21. The molecule has 29 heavy (non-hydrogen) atoms. The van der Waals surface area contributed by atoms with Gasteiger partial charge in [-0.25, -0.2) is 9.98 Å². The highest BCUT2D eigenvalue weighted by Gasteiger charge is 2.40. The molecule has 1 aliphatic heterocycles. The summed E-state index contributed by atoms with van der Waals surface area (Å²) in [5, 5.41) is 0. The zero-order valence-corrected chi connectivity index (χ0v) is 17.1. The SMILES string of the molecule is c1cc(C2=N[C@@H]3c4ccccc4C[C@@H]3O2)nc(C(C2CCCC2)C2CCCC2)c1. The van der Waals surface area contributed by atoms with Crippen molar-refractivity contribution in [3.63, 3.8) is 0 Å². The van der Waals surface area contributed by atoms with Crippen molar-refractivity contribution in [1.29, 1.82) is 0 Å². The van der Waals surface area contributed by atoms with Crippen LogP contribution >= 0.6 is 0 Å². The third-order valence-electron chi connectivity index (χ3n) is 7.81. The normalized spacial score (nSPS) is 26.6. The molecule has 6 rings (SSSR count). The molecule has 3 heteroatoms. The van der Waals surface area contributed by atoms with Gasteiger partial charge in [0.15, 0.2) is 0 Å². The lowest BCUT2D eigenvalue weighted by Gasteiger charge is -2.29. The molecule has 2 saturated carbocycles. The van der Waals surface area contributed by atoms with Crippen LogP contribution in [0.15, 0.2) is 47.5 Å². The molecule has 2 aromatic rings. The molecule has 3 nitrogen and oxygen atoms in total. The molecule has 1 aromatic carbocycles. The summed E-state index contributed by atoms with van der Waals surface area (Å²) in [5.41, 5.74) is 4.95. The first-order valence-corrected chi connectivity index (χ1v) is 11.7. The number of hydrogen-bond acceptors (Lipinski definition) is 3. The van der Waals surface area contributed by atoms with Crippen LogP contribution in [0.1, 0.15) is 85.8 Å². The monoisotopic (exact) mass is 386 g/mol. The van der Waals surface area contributed by atoms with Gasteiger partial charge in [-0.3, -0.25) is 0 Å². The number of hydrogen-bond donors (Lipinski definition) is 0. The molecule has 0 saturated heterocycles. The molecule has 2 heterocycles. The molecule has 0 radical (unpaired) electrons. The van der Waals surface area contributed by atoms with Gasteiger partial charge in [0, 0.05) is 18.0 Å². The Morgan fingerprint density at radius 3 is 2.31 bits per heavy atom. The molecule has 4 aliphatic rings. The van der Waals surface area contributed by atoms with Crippen molar-refractivity contribution in [2.24, 2.45) is 16.8 Å². The summed E-state index contributed by atoms with van der Waals surface area (Å²) in [7, 11) is 0. The molecular formula is C26H30N2O. The summed E-state index contributed by atoms with van der Waals surface area (Å²) in [4.78, 5) is 10.2. The molecule has 1 aromatic heterocycles. The third kappa shape index (κ3) is 3.10. The van der Waals surface area contributed by atoms with E-state index < -0.39 is 0 Å². The van der Waals surface area contributed by atoms with Crippen LogP contribution in [0.25, 0.3) is 0 Å². The molecule has 0 spiro atoms. The summed E-state index contributed by atoms with van der Waals surface area (Å²) in [6.07, 6.45) is 12.2. The van der Waals surface area contributed by atoms with Crippen molar-refractivity contribution in [3.05, 3.63) is 65.0 Å². The van der Waals surface area contributed by atoms with E-state index in [-0.39, 0.29) is 12.1 Å². The summed E-state index contributed by atoms with van der Waals surface area (Å²) in [6, 6.07) is 15.3. The van der Waals surface area contributed by atoms with Crippen molar-refractivity contribution in [3.8, 4) is 0 Å². The first-order valence-electron chi connectivity index (χ1n) is 11.7. The Hall–Kier alpha value is -2.16. The Morgan fingerprint density at radius 2 is 1.55 bits per heavy atom. The molecule has 150 valence electrons. The molecule has 0 bridgehead atoms. The van der Waals surface area contributed by atoms with Crippen LogP contribution in [-0.2, 0) is 11.2 Å². The number of pyridine rings is 1. The molecular weight excluding hydrogens is 356 g/mol. The van der Waals surface area contributed by atoms with Crippen LogP contribution in [0.4, 0.5) is 0 Å². The summed E-state index contributed by atoms with van der Waals surface area (Å²) in [6.45, 7) is 0. The van der Waals surface area contributed by atoms with E-state index in [1.54, 1.807) is 0 Å². The van der Waals surface area contributed by atoms with Crippen molar-refractivity contribution < 1.29 is 4.74 Å². The fourth-order valence-electron chi connectivity index (χ4n) is 6.48. The van der Waals surface area contributed by atoms with Gasteiger partial charge < -0.3 is 4.74 Å². The van der Waals surface area contributed by atoms with Crippen LogP contribution in [0.3, 0.4) is 0 Å². The fourth-order valence-corrected chi connectivity index (χ4v) is 6.48. The van der Waals surface area contributed by atoms with Gasteiger partial charge in [-0.2, -0.15) is 0 Å². The van der Waals surface area contributed by atoms with E-state index in [4.69, 9.17) is 14.7 Å². The van der Waals surface area contributed by atoms with E-state index in [1.807, 2.05) is 0 Å². The quantitative estimate of drug-likeness (QED) is 0.647. The minimum absolute atomic E-state index is 0.145. The lowest BCUT2D eigenvalue weighted by molar-refractivity contribution is 0.206. The summed E-state index contributed by atoms with van der Waals surface area (Å²) >= 11 is 0. The number of nitrogens with zero attached hydrogens (tertiary/aromatic N) is 2. The maximum atomic E-state index is 6.33. The third-order valence-corrected chi connectivity index (χ3v) is 7.81. The Morgan fingerprint density at radius 1 is 0.828 bits per heavy atom. The van der Waals surface area contributed by atoms with E-state index in [0.29, 0.717) is 5.92 Å². The second-order valence-corrected chi connectivity index (χ2v) is 9.50. The van der Waals surface area contributed by atoms with E-state index in [0.717, 1.165) is 29.8 Å². The molecule has 2 fully saturated rings. The van der Waals surface area contributed by atoms with E-state index in [1.165, 1.54) is 68.2 Å². The molecule has 0 unspecified atom stereocenters. The first-order chi connectivity index (χ1) is 14.4. The minimum Gasteiger partial charge on any atom is -0.470 e. The molecule has 2 atom stereocenters. The van der Waals surface area contributed by atoms with E-state index >= 15 is 0 Å². The molecule has 3 aliphatic carbocycles. The number of benzene rings is 1. The maximum Gasteiger partial charge on any atom is 0.236 e. The summed E-state index contributed by atoms with van der Waals surface area (Å²) in [5.74, 6) is 3.02. The number of fused-ring (bicyclic) bond motifs is 3. The average Bonchev–Trinajstić information content (AvgIpc) is 3.53. The number of rotatable bonds is 4. The topological polar surface area (TPSA) is 34.5 Å². The van der Waals surface area contributed by atoms with Gasteiger partial charge in [-0.05, 0) is 60.8 Å². The number of aromatic nitrogens is 1. The Bertz CT molecular complexity index is 908. The van der Waals surface area contributed by atoms with Crippen LogP contribution in [0, 0.1) is 11.8 Å². The number of ether oxygens (including phenoxy) is 1. The highest BCUT2D eigenvalue weighted by Crippen LogP contribution is 2.47. The van der Waals surface area contributed by atoms with Gasteiger partial charge in [0.1, 0.15) is 17.8 Å². The standard InChI is InChI=1S/C26H30N2O/c1-2-9-17(8-1)24(18-10-3-4-11-18)21-14-7-15-22(27-21)26-28-25-20-13-6-5-12-19(20)16-23(25)29-26/h5-7,12-15,17-18,23-25H,1-4,8-11,16H2/t23-,25+/m0/s1. The van der Waals surface area contributed by atoms with Crippen LogP contribution in [-0.4, -0.2) is 17.0 Å². The predicted octanol–water partition coefficient (Wildman–Crippen LogP) is 5.99. The number of aliphatic imine (C=N–C) groups is 1. The van der Waals surface area contributed by atoms with Crippen molar-refractivity contribution in [1.82, 2.24) is 4.98 Å². The minimum atomic E-state index is 0.145. The highest BCUT2D eigenvalue weighted by atomic mass is 16.5. The van der Waals surface area contributed by atoms with Gasteiger partial charge >= 0.3 is 0 Å². The van der Waals surface area contributed by atoms with E-state index in [2.05, 4.69) is 42.5 Å². The Balaban J connectivity index is 1.31. The zero-order chi connectivity index (χ0) is 19.2. The van der Waals surface area contributed by atoms with Gasteiger partial charge in [0.25, 0.3) is 0 Å². The Kier molecular flexibility index (Phi) is 4.43. The zero-order valence-electron chi connectivity index (χ0n) is 17.1. The van der Waals surface area contributed by atoms with Crippen LogP contribution in [0.2, 0.25) is 0 Å². The smallest absolute Gasteiger partial charge is 0.236 e. The fraction of sp³-hybridized carbons (Fsp3) is 0.538. The van der Waals surface area contributed by atoms with Crippen molar-refractivity contribution in [2.75, 3.05) is 0 Å². The first kappa shape index (κ1) is 17.7. The predicted molar refractivity (Wildman–Crippen MR) is 115 cm³/mol. The maximum absolute atomic E-state index is 6.33. The average molecular weight is 387 g/mol. The largest absolute Gasteiger partial charge is 0.470 e. The highest BCUT2D eigenvalue weighted by molar-refractivity contribution is 5.94. The second-order valence-electron chi connectivity index (χ2n) is 9.50.